The highest BCUT2D eigenvalue weighted by Crippen LogP contribution is 1.99. The molecule has 1 rings (SSSR count). The van der Waals surface area contributed by atoms with Crippen molar-refractivity contribution in [3.8, 4) is 0 Å². The number of nitrogens with one attached hydrogen (secondary N) is 1. The largest absolute Gasteiger partial charge is 0.378 e. The molecule has 1 aliphatic rings. The van der Waals surface area contributed by atoms with Gasteiger partial charge in [-0.15, -0.1) is 0 Å². The number of carbonyl (C=O) groups is 2. The minimum Gasteiger partial charge on any atom is -0.378 e. The van der Waals surface area contributed by atoms with Gasteiger partial charge in [-0.25, -0.2) is 0 Å². The summed E-state index contributed by atoms with van der Waals surface area (Å²) < 4.78 is 5.16. The van der Waals surface area contributed by atoms with E-state index < -0.39 is 0 Å². The van der Waals surface area contributed by atoms with Gasteiger partial charge in [0.1, 0.15) is 0 Å². The summed E-state index contributed by atoms with van der Waals surface area (Å²) in [4.78, 5) is 24.7. The van der Waals surface area contributed by atoms with E-state index in [0.29, 0.717) is 39.3 Å². The quantitative estimate of drug-likeness (QED) is 0.737. The highest BCUT2D eigenvalue weighted by atomic mass is 16.5. The molecular formula is C11H20N2O3. The standard InChI is InChI=1S/C11H20N2O3/c1-9(2)11(15)12-4-3-10(14)13-5-7-16-8-6-13/h9H,3-8H2,1-2H3,(H,12,15). The molecule has 0 spiro atoms. The molecule has 0 unspecified atom stereocenters. The van der Waals surface area contributed by atoms with Crippen molar-refractivity contribution < 1.29 is 14.3 Å². The lowest BCUT2D eigenvalue weighted by Crippen LogP contribution is -2.42. The van der Waals surface area contributed by atoms with Crippen LogP contribution in [0.1, 0.15) is 20.3 Å². The second-order valence-electron chi connectivity index (χ2n) is 4.19. The fourth-order valence-electron chi connectivity index (χ4n) is 1.47. The average molecular weight is 228 g/mol. The molecule has 0 bridgehead atoms. The van der Waals surface area contributed by atoms with E-state index in [-0.39, 0.29) is 17.7 Å². The molecule has 1 heterocycles. The van der Waals surface area contributed by atoms with Crippen LogP contribution in [0, 0.1) is 5.92 Å². The van der Waals surface area contributed by atoms with Gasteiger partial charge in [0.2, 0.25) is 11.8 Å². The molecule has 1 aliphatic heterocycles. The van der Waals surface area contributed by atoms with E-state index >= 15 is 0 Å². The Kier molecular flexibility index (Phi) is 5.25. The van der Waals surface area contributed by atoms with Crippen LogP contribution in [0.2, 0.25) is 0 Å². The van der Waals surface area contributed by atoms with Gasteiger partial charge in [0.15, 0.2) is 0 Å². The predicted molar refractivity (Wildman–Crippen MR) is 59.9 cm³/mol. The maximum absolute atomic E-state index is 11.7. The van der Waals surface area contributed by atoms with E-state index in [9.17, 15) is 9.59 Å². The lowest BCUT2D eigenvalue weighted by Gasteiger charge is -2.26. The number of carbonyl (C=O) groups excluding carboxylic acids is 2. The van der Waals surface area contributed by atoms with Crippen LogP contribution in [0.5, 0.6) is 0 Å². The second kappa shape index (κ2) is 6.48. The topological polar surface area (TPSA) is 58.6 Å². The zero-order valence-electron chi connectivity index (χ0n) is 9.99. The van der Waals surface area contributed by atoms with Gasteiger partial charge >= 0.3 is 0 Å². The van der Waals surface area contributed by atoms with Crippen LogP contribution in [0.3, 0.4) is 0 Å². The number of rotatable bonds is 4. The van der Waals surface area contributed by atoms with Crippen LogP contribution in [0.15, 0.2) is 0 Å². The van der Waals surface area contributed by atoms with Crippen molar-refractivity contribution in [2.24, 2.45) is 5.92 Å². The minimum atomic E-state index is -0.0292. The van der Waals surface area contributed by atoms with Crippen LogP contribution in [0.25, 0.3) is 0 Å². The molecule has 0 saturated carbocycles. The van der Waals surface area contributed by atoms with Crippen molar-refractivity contribution >= 4 is 11.8 Å². The summed E-state index contributed by atoms with van der Waals surface area (Å²) in [6.07, 6.45) is 0.373. The van der Waals surface area contributed by atoms with Gasteiger partial charge in [-0.2, -0.15) is 0 Å². The number of ether oxygens (including phenoxy) is 1. The SMILES string of the molecule is CC(C)C(=O)NCCC(=O)N1CCOCC1. The summed E-state index contributed by atoms with van der Waals surface area (Å²) in [5, 5.41) is 2.73. The number of morpholine rings is 1. The first-order chi connectivity index (χ1) is 7.61. The summed E-state index contributed by atoms with van der Waals surface area (Å²) in [5.41, 5.74) is 0. The molecule has 0 aromatic heterocycles. The van der Waals surface area contributed by atoms with Crippen LogP contribution in [-0.4, -0.2) is 49.6 Å². The Balaban J connectivity index is 2.17. The monoisotopic (exact) mass is 228 g/mol. The normalized spacial score (nSPS) is 16.3. The Labute approximate surface area is 96.1 Å². The zero-order valence-corrected chi connectivity index (χ0v) is 9.99. The predicted octanol–water partition coefficient (Wildman–Crippen LogP) is 0.00750. The molecule has 0 aromatic carbocycles. The first kappa shape index (κ1) is 13.0. The first-order valence-electron chi connectivity index (χ1n) is 5.74. The van der Waals surface area contributed by atoms with Gasteiger partial charge in [0.05, 0.1) is 13.2 Å². The van der Waals surface area contributed by atoms with E-state index in [4.69, 9.17) is 4.74 Å². The van der Waals surface area contributed by atoms with E-state index in [1.54, 1.807) is 4.90 Å². The summed E-state index contributed by atoms with van der Waals surface area (Å²) in [6, 6.07) is 0. The maximum Gasteiger partial charge on any atom is 0.224 e. The maximum atomic E-state index is 11.7. The fraction of sp³-hybridized carbons (Fsp3) is 0.818. The van der Waals surface area contributed by atoms with Crippen molar-refractivity contribution in [3.05, 3.63) is 0 Å². The highest BCUT2D eigenvalue weighted by Gasteiger charge is 2.16. The Morgan fingerprint density at radius 2 is 1.94 bits per heavy atom. The Bertz CT molecular complexity index is 248. The smallest absolute Gasteiger partial charge is 0.224 e. The molecule has 1 saturated heterocycles. The van der Waals surface area contributed by atoms with Gasteiger partial charge in [-0.1, -0.05) is 13.8 Å². The molecule has 0 atom stereocenters. The molecule has 92 valence electrons. The lowest BCUT2D eigenvalue weighted by molar-refractivity contribution is -0.135. The Morgan fingerprint density at radius 1 is 1.31 bits per heavy atom. The summed E-state index contributed by atoms with van der Waals surface area (Å²) in [7, 11) is 0. The molecule has 2 amide bonds. The second-order valence-corrected chi connectivity index (χ2v) is 4.19. The van der Waals surface area contributed by atoms with E-state index in [1.165, 1.54) is 0 Å². The molecular weight excluding hydrogens is 208 g/mol. The van der Waals surface area contributed by atoms with Gasteiger partial charge < -0.3 is 15.0 Å². The summed E-state index contributed by atoms with van der Waals surface area (Å²) in [6.45, 7) is 6.65. The zero-order chi connectivity index (χ0) is 12.0. The van der Waals surface area contributed by atoms with Crippen LogP contribution in [-0.2, 0) is 14.3 Å². The molecule has 0 aliphatic carbocycles. The average Bonchev–Trinajstić information content (AvgIpc) is 2.29. The third-order valence-corrected chi connectivity index (χ3v) is 2.53. The van der Waals surface area contributed by atoms with Crippen molar-refractivity contribution in [2.75, 3.05) is 32.8 Å². The number of nitrogens with zero attached hydrogens (tertiary/aromatic N) is 1. The van der Waals surface area contributed by atoms with Crippen LogP contribution in [0.4, 0.5) is 0 Å². The van der Waals surface area contributed by atoms with Gasteiger partial charge in [0.25, 0.3) is 0 Å². The summed E-state index contributed by atoms with van der Waals surface area (Å²) >= 11 is 0. The molecule has 5 heteroatoms. The Morgan fingerprint density at radius 3 is 2.50 bits per heavy atom. The molecule has 0 aromatic rings. The number of hydrogen-bond donors (Lipinski definition) is 1. The van der Waals surface area contributed by atoms with Gasteiger partial charge in [0, 0.05) is 32.0 Å². The van der Waals surface area contributed by atoms with Crippen molar-refractivity contribution in [1.29, 1.82) is 0 Å². The molecule has 1 fully saturated rings. The lowest BCUT2D eigenvalue weighted by atomic mass is 10.2. The van der Waals surface area contributed by atoms with E-state index in [0.717, 1.165) is 0 Å². The number of hydrogen-bond acceptors (Lipinski definition) is 3. The fourth-order valence-corrected chi connectivity index (χ4v) is 1.47. The first-order valence-corrected chi connectivity index (χ1v) is 5.74. The van der Waals surface area contributed by atoms with Gasteiger partial charge in [-0.05, 0) is 0 Å². The Hall–Kier alpha value is -1.10. The molecule has 16 heavy (non-hydrogen) atoms. The van der Waals surface area contributed by atoms with Gasteiger partial charge in [-0.3, -0.25) is 9.59 Å². The van der Waals surface area contributed by atoms with Crippen LogP contribution < -0.4 is 5.32 Å². The van der Waals surface area contributed by atoms with Crippen LogP contribution >= 0.6 is 0 Å². The van der Waals surface area contributed by atoms with E-state index in [2.05, 4.69) is 5.32 Å². The van der Waals surface area contributed by atoms with Crippen molar-refractivity contribution in [2.45, 2.75) is 20.3 Å². The third kappa shape index (κ3) is 4.18. The highest BCUT2D eigenvalue weighted by molar-refractivity contribution is 5.80. The minimum absolute atomic E-state index is 0.00484. The molecule has 5 nitrogen and oxygen atoms in total. The van der Waals surface area contributed by atoms with E-state index in [1.807, 2.05) is 13.8 Å². The summed E-state index contributed by atoms with van der Waals surface area (Å²) in [5.74, 6) is 0.0561. The molecule has 1 N–H and O–H groups in total. The van der Waals surface area contributed by atoms with Crippen molar-refractivity contribution in [1.82, 2.24) is 10.2 Å². The third-order valence-electron chi connectivity index (χ3n) is 2.53. The molecule has 0 radical (unpaired) electrons. The van der Waals surface area contributed by atoms with Crippen molar-refractivity contribution in [3.63, 3.8) is 0 Å². The number of amides is 2.